The molecule has 0 bridgehead atoms. The van der Waals surface area contributed by atoms with Crippen LogP contribution in [0, 0.1) is 0 Å². The second kappa shape index (κ2) is 7.58. The van der Waals surface area contributed by atoms with Crippen molar-refractivity contribution in [2.45, 2.75) is 6.42 Å². The average molecular weight is 387 g/mol. The number of benzene rings is 1. The highest BCUT2D eigenvalue weighted by Gasteiger charge is 2.20. The molecule has 3 heterocycles. The number of morpholine rings is 1. The summed E-state index contributed by atoms with van der Waals surface area (Å²) in [5.74, 6) is 1.59. The summed E-state index contributed by atoms with van der Waals surface area (Å²) >= 11 is 1.53. The first kappa shape index (κ1) is 17.8. The Morgan fingerprint density at radius 3 is 2.81 bits per heavy atom. The quantitative estimate of drug-likeness (QED) is 0.673. The van der Waals surface area contributed by atoms with E-state index in [-0.39, 0.29) is 5.91 Å². The van der Waals surface area contributed by atoms with Crippen LogP contribution in [0.15, 0.2) is 29.8 Å². The molecule has 1 saturated heterocycles. The SMILES string of the molecule is COc1ccc(OC)c(-c2cn3c(CC(=O)N4CCOCC4)csc3n2)c1. The molecule has 1 aliphatic rings. The second-order valence-electron chi connectivity index (χ2n) is 6.24. The summed E-state index contributed by atoms with van der Waals surface area (Å²) < 4.78 is 18.1. The van der Waals surface area contributed by atoms with E-state index < -0.39 is 0 Å². The Morgan fingerprint density at radius 1 is 1.26 bits per heavy atom. The highest BCUT2D eigenvalue weighted by Crippen LogP contribution is 2.34. The van der Waals surface area contributed by atoms with Crippen molar-refractivity contribution in [1.29, 1.82) is 0 Å². The van der Waals surface area contributed by atoms with E-state index in [2.05, 4.69) is 0 Å². The molecule has 0 atom stereocenters. The number of carbonyl (C=O) groups is 1. The maximum atomic E-state index is 12.6. The van der Waals surface area contributed by atoms with Gasteiger partial charge in [-0.3, -0.25) is 9.20 Å². The van der Waals surface area contributed by atoms with Crippen molar-refractivity contribution in [2.75, 3.05) is 40.5 Å². The number of ether oxygens (including phenoxy) is 3. The number of amides is 1. The van der Waals surface area contributed by atoms with Crippen molar-refractivity contribution in [3.63, 3.8) is 0 Å². The van der Waals surface area contributed by atoms with Crippen LogP contribution in [-0.2, 0) is 16.0 Å². The summed E-state index contributed by atoms with van der Waals surface area (Å²) in [6.07, 6.45) is 2.30. The van der Waals surface area contributed by atoms with E-state index in [0.717, 1.165) is 33.4 Å². The minimum Gasteiger partial charge on any atom is -0.497 e. The van der Waals surface area contributed by atoms with Gasteiger partial charge < -0.3 is 19.1 Å². The highest BCUT2D eigenvalue weighted by molar-refractivity contribution is 7.15. The molecule has 0 radical (unpaired) electrons. The van der Waals surface area contributed by atoms with Crippen LogP contribution in [0.2, 0.25) is 0 Å². The van der Waals surface area contributed by atoms with Gasteiger partial charge >= 0.3 is 0 Å². The van der Waals surface area contributed by atoms with Gasteiger partial charge in [-0.1, -0.05) is 0 Å². The lowest BCUT2D eigenvalue weighted by molar-refractivity contribution is -0.134. The van der Waals surface area contributed by atoms with Crippen LogP contribution in [0.1, 0.15) is 5.69 Å². The molecule has 2 aromatic heterocycles. The molecule has 0 unspecified atom stereocenters. The number of hydrogen-bond donors (Lipinski definition) is 0. The molecule has 0 saturated carbocycles. The zero-order valence-corrected chi connectivity index (χ0v) is 16.1. The predicted octanol–water partition coefficient (Wildman–Crippen LogP) is 2.48. The van der Waals surface area contributed by atoms with Crippen LogP contribution in [0.5, 0.6) is 11.5 Å². The molecule has 8 heteroatoms. The molecule has 1 aliphatic heterocycles. The predicted molar refractivity (Wildman–Crippen MR) is 103 cm³/mol. The van der Waals surface area contributed by atoms with Crippen molar-refractivity contribution in [2.24, 2.45) is 0 Å². The smallest absolute Gasteiger partial charge is 0.228 e. The number of methoxy groups -OCH3 is 2. The first-order valence-electron chi connectivity index (χ1n) is 8.73. The number of imidazole rings is 1. The number of rotatable bonds is 5. The average Bonchev–Trinajstić information content (AvgIpc) is 3.30. The molecule has 1 fully saturated rings. The third-order valence-corrected chi connectivity index (χ3v) is 5.55. The van der Waals surface area contributed by atoms with Crippen LogP contribution in [-0.4, -0.2) is 60.7 Å². The minimum absolute atomic E-state index is 0.118. The first-order valence-corrected chi connectivity index (χ1v) is 9.61. The van der Waals surface area contributed by atoms with Crippen LogP contribution in [0.3, 0.4) is 0 Å². The number of fused-ring (bicyclic) bond motifs is 1. The molecule has 142 valence electrons. The number of thiazole rings is 1. The van der Waals surface area contributed by atoms with Gasteiger partial charge in [0, 0.05) is 35.9 Å². The van der Waals surface area contributed by atoms with Gasteiger partial charge in [-0.05, 0) is 18.2 Å². The van der Waals surface area contributed by atoms with E-state index in [9.17, 15) is 4.79 Å². The van der Waals surface area contributed by atoms with Crippen molar-refractivity contribution < 1.29 is 19.0 Å². The van der Waals surface area contributed by atoms with Crippen molar-refractivity contribution in [3.8, 4) is 22.8 Å². The van der Waals surface area contributed by atoms with Gasteiger partial charge in [0.2, 0.25) is 5.91 Å². The standard InChI is InChI=1S/C19H21N3O4S/c1-24-14-3-4-17(25-2)15(10-14)16-11-22-13(12-27-19(22)20-16)9-18(23)21-5-7-26-8-6-21/h3-4,10-12H,5-9H2,1-2H3. The molecule has 27 heavy (non-hydrogen) atoms. The van der Waals surface area contributed by atoms with E-state index in [1.165, 1.54) is 11.3 Å². The zero-order chi connectivity index (χ0) is 18.8. The molecule has 0 spiro atoms. The second-order valence-corrected chi connectivity index (χ2v) is 7.08. The third-order valence-electron chi connectivity index (χ3n) is 4.66. The monoisotopic (exact) mass is 387 g/mol. The number of carbonyl (C=O) groups excluding carboxylic acids is 1. The van der Waals surface area contributed by atoms with Gasteiger partial charge in [0.1, 0.15) is 11.5 Å². The Balaban J connectivity index is 1.63. The lowest BCUT2D eigenvalue weighted by atomic mass is 10.1. The minimum atomic E-state index is 0.118. The van der Waals surface area contributed by atoms with Crippen LogP contribution in [0.25, 0.3) is 16.2 Å². The Morgan fingerprint density at radius 2 is 2.07 bits per heavy atom. The normalized spacial score (nSPS) is 14.5. The third kappa shape index (κ3) is 3.50. The lowest BCUT2D eigenvalue weighted by Gasteiger charge is -2.26. The molecule has 4 rings (SSSR count). The number of hydrogen-bond acceptors (Lipinski definition) is 6. The van der Waals surface area contributed by atoms with E-state index in [4.69, 9.17) is 19.2 Å². The fourth-order valence-electron chi connectivity index (χ4n) is 3.18. The maximum absolute atomic E-state index is 12.6. The van der Waals surface area contributed by atoms with Crippen molar-refractivity contribution in [1.82, 2.24) is 14.3 Å². The maximum Gasteiger partial charge on any atom is 0.228 e. The summed E-state index contributed by atoms with van der Waals surface area (Å²) in [5.41, 5.74) is 2.59. The largest absolute Gasteiger partial charge is 0.497 e. The van der Waals surface area contributed by atoms with Crippen LogP contribution < -0.4 is 9.47 Å². The van der Waals surface area contributed by atoms with Gasteiger partial charge in [-0.15, -0.1) is 11.3 Å². The number of aromatic nitrogens is 2. The van der Waals surface area contributed by atoms with E-state index >= 15 is 0 Å². The molecule has 3 aromatic rings. The molecule has 0 N–H and O–H groups in total. The lowest BCUT2D eigenvalue weighted by Crippen LogP contribution is -2.41. The van der Waals surface area contributed by atoms with Gasteiger partial charge in [0.05, 0.1) is 39.5 Å². The Hall–Kier alpha value is -2.58. The summed E-state index contributed by atoms with van der Waals surface area (Å²) in [7, 11) is 3.27. The highest BCUT2D eigenvalue weighted by atomic mass is 32.1. The Kier molecular flexibility index (Phi) is 5.00. The fraction of sp³-hybridized carbons (Fsp3) is 0.368. The molecular formula is C19H21N3O4S. The Bertz CT molecular complexity index is 959. The van der Waals surface area contributed by atoms with Crippen LogP contribution >= 0.6 is 11.3 Å². The van der Waals surface area contributed by atoms with Gasteiger partial charge in [-0.25, -0.2) is 4.98 Å². The summed E-state index contributed by atoms with van der Waals surface area (Å²) in [6, 6.07) is 5.63. The first-order chi connectivity index (χ1) is 13.2. The summed E-state index contributed by atoms with van der Waals surface area (Å²) in [6.45, 7) is 2.52. The zero-order valence-electron chi connectivity index (χ0n) is 15.3. The van der Waals surface area contributed by atoms with E-state index in [1.807, 2.05) is 39.1 Å². The molecule has 0 aliphatic carbocycles. The van der Waals surface area contributed by atoms with Crippen molar-refractivity contribution >= 4 is 22.2 Å². The van der Waals surface area contributed by atoms with E-state index in [1.54, 1.807) is 14.2 Å². The molecule has 1 aromatic carbocycles. The molecule has 1 amide bonds. The Labute approximate surface area is 161 Å². The van der Waals surface area contributed by atoms with Gasteiger partial charge in [0.25, 0.3) is 0 Å². The number of nitrogens with zero attached hydrogens (tertiary/aromatic N) is 3. The molecule has 7 nitrogen and oxygen atoms in total. The van der Waals surface area contributed by atoms with E-state index in [0.29, 0.717) is 32.7 Å². The van der Waals surface area contributed by atoms with Crippen molar-refractivity contribution in [3.05, 3.63) is 35.5 Å². The fourth-order valence-corrected chi connectivity index (χ4v) is 4.05. The topological polar surface area (TPSA) is 65.3 Å². The van der Waals surface area contributed by atoms with Crippen LogP contribution in [0.4, 0.5) is 0 Å². The summed E-state index contributed by atoms with van der Waals surface area (Å²) in [5, 5.41) is 1.99. The van der Waals surface area contributed by atoms with Gasteiger partial charge in [0.15, 0.2) is 4.96 Å². The molecular weight excluding hydrogens is 366 g/mol. The van der Waals surface area contributed by atoms with Gasteiger partial charge in [-0.2, -0.15) is 0 Å². The summed E-state index contributed by atoms with van der Waals surface area (Å²) in [4.78, 5) is 20.0.